The molecule has 0 fully saturated rings. The molecule has 0 bridgehead atoms. The van der Waals surface area contributed by atoms with E-state index in [1.165, 1.54) is 6.07 Å². The lowest BCUT2D eigenvalue weighted by Gasteiger charge is -2.20. The molecule has 2 nitrogen and oxygen atoms in total. The fourth-order valence-electron chi connectivity index (χ4n) is 2.01. The van der Waals surface area contributed by atoms with E-state index in [2.05, 4.69) is 5.32 Å². The Labute approximate surface area is 121 Å². The Kier molecular flexibility index (Phi) is 5.22. The molecule has 0 aliphatic rings. The maximum atomic E-state index is 13.9. The van der Waals surface area contributed by atoms with Gasteiger partial charge in [0.25, 0.3) is 0 Å². The molecule has 2 aromatic carbocycles. The third-order valence-corrected chi connectivity index (χ3v) is 3.05. The van der Waals surface area contributed by atoms with Gasteiger partial charge in [-0.05, 0) is 24.7 Å². The summed E-state index contributed by atoms with van der Waals surface area (Å²) in [6, 6.07) is 10.6. The largest absolute Gasteiger partial charge is 0.492 e. The minimum atomic E-state index is -1.46. The third kappa shape index (κ3) is 3.76. The number of likely N-dealkylation sites (N-methyl/N-ethyl adjacent to an activating group) is 1. The van der Waals surface area contributed by atoms with Gasteiger partial charge in [0.1, 0.15) is 12.4 Å². The second-order valence-electron chi connectivity index (χ2n) is 4.50. The number of halogens is 3. The molecule has 2 rings (SSSR count). The molecule has 0 aliphatic heterocycles. The molecular formula is C16H16F3NO. The topological polar surface area (TPSA) is 21.3 Å². The minimum Gasteiger partial charge on any atom is -0.492 e. The van der Waals surface area contributed by atoms with Crippen molar-refractivity contribution >= 4 is 0 Å². The van der Waals surface area contributed by atoms with Gasteiger partial charge in [0, 0.05) is 5.56 Å². The first-order valence-electron chi connectivity index (χ1n) is 6.68. The number of rotatable bonds is 6. The van der Waals surface area contributed by atoms with E-state index >= 15 is 0 Å². The van der Waals surface area contributed by atoms with Gasteiger partial charge in [-0.25, -0.2) is 13.2 Å². The van der Waals surface area contributed by atoms with E-state index < -0.39 is 23.5 Å². The van der Waals surface area contributed by atoms with Crippen LogP contribution in [0.4, 0.5) is 13.2 Å². The second kappa shape index (κ2) is 7.13. The molecule has 0 radical (unpaired) electrons. The summed E-state index contributed by atoms with van der Waals surface area (Å²) in [6.45, 7) is 2.49. The first-order valence-corrected chi connectivity index (χ1v) is 6.68. The summed E-state index contributed by atoms with van der Waals surface area (Å²) in [4.78, 5) is 0. The van der Waals surface area contributed by atoms with Crippen molar-refractivity contribution < 1.29 is 17.9 Å². The van der Waals surface area contributed by atoms with Crippen molar-refractivity contribution in [1.82, 2.24) is 5.32 Å². The van der Waals surface area contributed by atoms with Crippen LogP contribution in [0.15, 0.2) is 42.5 Å². The molecule has 0 spiro atoms. The number of ether oxygens (including phenoxy) is 1. The molecule has 1 atom stereocenters. The predicted molar refractivity (Wildman–Crippen MR) is 74.7 cm³/mol. The molecule has 0 heterocycles. The van der Waals surface area contributed by atoms with Crippen molar-refractivity contribution in [2.45, 2.75) is 13.0 Å². The van der Waals surface area contributed by atoms with Crippen LogP contribution in [0.25, 0.3) is 0 Å². The van der Waals surface area contributed by atoms with Crippen molar-refractivity contribution in [2.24, 2.45) is 0 Å². The van der Waals surface area contributed by atoms with Gasteiger partial charge in [0.15, 0.2) is 17.5 Å². The lowest BCUT2D eigenvalue weighted by molar-refractivity contribution is 0.263. The van der Waals surface area contributed by atoms with Crippen LogP contribution in [-0.4, -0.2) is 13.2 Å². The van der Waals surface area contributed by atoms with Crippen molar-refractivity contribution in [2.75, 3.05) is 13.2 Å². The fraction of sp³-hybridized carbons (Fsp3) is 0.250. The zero-order chi connectivity index (χ0) is 15.2. The van der Waals surface area contributed by atoms with Crippen LogP contribution in [0.2, 0.25) is 0 Å². The lowest BCUT2D eigenvalue weighted by Crippen LogP contribution is -2.28. The van der Waals surface area contributed by atoms with Crippen LogP contribution in [0, 0.1) is 17.5 Å². The van der Waals surface area contributed by atoms with Gasteiger partial charge in [-0.2, -0.15) is 0 Å². The summed E-state index contributed by atoms with van der Waals surface area (Å²) >= 11 is 0. The Morgan fingerprint density at radius 1 is 1.00 bits per heavy atom. The average molecular weight is 295 g/mol. The summed E-state index contributed by atoms with van der Waals surface area (Å²) in [5.74, 6) is -3.22. The Morgan fingerprint density at radius 3 is 2.38 bits per heavy atom. The number of para-hydroxylation sites is 1. The Bertz CT molecular complexity index is 590. The van der Waals surface area contributed by atoms with E-state index in [1.54, 1.807) is 12.1 Å². The molecular weight excluding hydrogens is 279 g/mol. The molecule has 0 aromatic heterocycles. The summed E-state index contributed by atoms with van der Waals surface area (Å²) in [6.07, 6.45) is 0. The van der Waals surface area contributed by atoms with E-state index in [0.717, 1.165) is 6.07 Å². The Morgan fingerprint density at radius 2 is 1.71 bits per heavy atom. The number of hydrogen-bond donors (Lipinski definition) is 1. The van der Waals surface area contributed by atoms with Crippen LogP contribution in [0.5, 0.6) is 5.75 Å². The Hall–Kier alpha value is -2.01. The quantitative estimate of drug-likeness (QED) is 0.818. The monoisotopic (exact) mass is 295 g/mol. The molecule has 0 aliphatic carbocycles. The third-order valence-electron chi connectivity index (χ3n) is 3.05. The first-order chi connectivity index (χ1) is 10.1. The van der Waals surface area contributed by atoms with Crippen molar-refractivity contribution in [3.63, 3.8) is 0 Å². The highest BCUT2D eigenvalue weighted by atomic mass is 19.2. The van der Waals surface area contributed by atoms with Crippen LogP contribution >= 0.6 is 0 Å². The zero-order valence-corrected chi connectivity index (χ0v) is 11.6. The molecule has 1 unspecified atom stereocenters. The van der Waals surface area contributed by atoms with Crippen molar-refractivity contribution in [3.8, 4) is 5.75 Å². The van der Waals surface area contributed by atoms with E-state index in [4.69, 9.17) is 4.74 Å². The van der Waals surface area contributed by atoms with Gasteiger partial charge < -0.3 is 10.1 Å². The van der Waals surface area contributed by atoms with Crippen molar-refractivity contribution in [1.29, 1.82) is 0 Å². The molecule has 0 saturated heterocycles. The van der Waals surface area contributed by atoms with Gasteiger partial charge in [-0.15, -0.1) is 0 Å². The van der Waals surface area contributed by atoms with E-state index in [-0.39, 0.29) is 12.2 Å². The van der Waals surface area contributed by atoms with Crippen molar-refractivity contribution in [3.05, 3.63) is 65.5 Å². The summed E-state index contributed by atoms with van der Waals surface area (Å²) in [7, 11) is 0. The van der Waals surface area contributed by atoms with Gasteiger partial charge in [0.2, 0.25) is 0 Å². The van der Waals surface area contributed by atoms with Gasteiger partial charge in [0.05, 0.1) is 6.04 Å². The summed E-state index contributed by atoms with van der Waals surface area (Å²) in [5.41, 5.74) is 0.0479. The zero-order valence-electron chi connectivity index (χ0n) is 11.6. The summed E-state index contributed by atoms with van der Waals surface area (Å²) in [5, 5.41) is 3.00. The fourth-order valence-corrected chi connectivity index (χ4v) is 2.01. The molecule has 5 heteroatoms. The maximum Gasteiger partial charge on any atom is 0.194 e. The van der Waals surface area contributed by atoms with Crippen LogP contribution in [0.3, 0.4) is 0 Å². The highest BCUT2D eigenvalue weighted by molar-refractivity contribution is 5.25. The molecule has 0 saturated carbocycles. The van der Waals surface area contributed by atoms with Gasteiger partial charge in [-0.3, -0.25) is 0 Å². The molecule has 21 heavy (non-hydrogen) atoms. The molecule has 1 N–H and O–H groups in total. The smallest absolute Gasteiger partial charge is 0.194 e. The van der Waals surface area contributed by atoms with E-state index in [0.29, 0.717) is 12.3 Å². The highest BCUT2D eigenvalue weighted by Gasteiger charge is 2.20. The molecule has 0 amide bonds. The summed E-state index contributed by atoms with van der Waals surface area (Å²) < 4.78 is 45.7. The van der Waals surface area contributed by atoms with E-state index in [1.807, 2.05) is 25.1 Å². The number of nitrogens with one attached hydrogen (secondary N) is 1. The van der Waals surface area contributed by atoms with Crippen LogP contribution in [0.1, 0.15) is 18.5 Å². The Balaban J connectivity index is 2.17. The maximum absolute atomic E-state index is 13.9. The second-order valence-corrected chi connectivity index (χ2v) is 4.50. The molecule has 2 aromatic rings. The van der Waals surface area contributed by atoms with Crippen LogP contribution < -0.4 is 10.1 Å². The van der Waals surface area contributed by atoms with E-state index in [9.17, 15) is 13.2 Å². The van der Waals surface area contributed by atoms with Gasteiger partial charge >= 0.3 is 0 Å². The predicted octanol–water partition coefficient (Wildman–Crippen LogP) is 3.83. The normalized spacial score (nSPS) is 12.2. The molecule has 112 valence electrons. The standard InChI is InChI=1S/C16H16F3NO/c1-2-20-14(10-21-11-6-4-3-5-7-11)12-8-9-13(17)16(19)15(12)18/h3-9,14,20H,2,10H2,1H3. The SMILES string of the molecule is CCNC(COc1ccccc1)c1ccc(F)c(F)c1F. The number of hydrogen-bond acceptors (Lipinski definition) is 2. The lowest BCUT2D eigenvalue weighted by atomic mass is 10.1. The first kappa shape index (κ1) is 15.4. The van der Waals surface area contributed by atoms with Gasteiger partial charge in [-0.1, -0.05) is 31.2 Å². The van der Waals surface area contributed by atoms with Crippen LogP contribution in [-0.2, 0) is 0 Å². The highest BCUT2D eigenvalue weighted by Crippen LogP contribution is 2.22. The minimum absolute atomic E-state index is 0.0479. The average Bonchev–Trinajstić information content (AvgIpc) is 2.51. The number of benzene rings is 2.